The van der Waals surface area contributed by atoms with Crippen molar-refractivity contribution >= 4 is 13.5 Å². The lowest BCUT2D eigenvalue weighted by molar-refractivity contribution is -0.260. The normalized spacial score (nSPS) is 32.7. The lowest BCUT2D eigenvalue weighted by Gasteiger charge is -2.42. The zero-order valence-corrected chi connectivity index (χ0v) is 12.9. The first-order chi connectivity index (χ1) is 10.2. The molecule has 6 N–H and O–H groups in total. The number of carbonyl (C=O) groups excluding carboxylic acids is 1. The van der Waals surface area contributed by atoms with E-state index in [1.807, 2.05) is 0 Å². The Labute approximate surface area is 127 Å². The number of aliphatic hydroxyl groups is 3. The van der Waals surface area contributed by atoms with Crippen LogP contribution in [0.15, 0.2) is 0 Å². The number of nitrogens with one attached hydrogen (secondary N) is 1. The third-order valence-electron chi connectivity index (χ3n) is 3.11. The minimum absolute atomic E-state index is 0.174. The average molecular weight is 343 g/mol. The van der Waals surface area contributed by atoms with Crippen LogP contribution in [0.2, 0.25) is 0 Å². The fourth-order valence-electron chi connectivity index (χ4n) is 2.11. The van der Waals surface area contributed by atoms with E-state index in [0.717, 1.165) is 0 Å². The summed E-state index contributed by atoms with van der Waals surface area (Å²) in [7, 11) is -4.49. The summed E-state index contributed by atoms with van der Waals surface area (Å²) in [4.78, 5) is 29.2. The standard InChI is InChI=1S/C11H22NO9P/c1-2-3-7(14)12-8-9(15)10(20-5-22(17,18)19)6(4-13)21-11(8)16/h6,8-11,13,15-16H,2-5H2,1H3,(H,12,14)(H2,17,18,19)/t6-,8-,9-,10-,11?/m1/s1. The van der Waals surface area contributed by atoms with Crippen LogP contribution in [-0.4, -0.2) is 74.6 Å². The maximum atomic E-state index is 11.6. The summed E-state index contributed by atoms with van der Waals surface area (Å²) in [5.41, 5.74) is 0. The Morgan fingerprint density at radius 2 is 2.00 bits per heavy atom. The van der Waals surface area contributed by atoms with Crippen molar-refractivity contribution in [2.45, 2.75) is 50.4 Å². The molecule has 1 aliphatic rings. The molecule has 1 rings (SSSR count). The van der Waals surface area contributed by atoms with Crippen LogP contribution in [0.1, 0.15) is 19.8 Å². The summed E-state index contributed by atoms with van der Waals surface area (Å²) >= 11 is 0. The molecule has 0 radical (unpaired) electrons. The van der Waals surface area contributed by atoms with Gasteiger partial charge in [0.25, 0.3) is 0 Å². The molecule has 0 aromatic rings. The number of carbonyl (C=O) groups is 1. The molecule has 1 amide bonds. The Bertz CT molecular complexity index is 414. The highest BCUT2D eigenvalue weighted by Gasteiger charge is 2.46. The van der Waals surface area contributed by atoms with Crippen LogP contribution in [0.5, 0.6) is 0 Å². The molecule has 1 unspecified atom stereocenters. The highest BCUT2D eigenvalue weighted by Crippen LogP contribution is 2.36. The lowest BCUT2D eigenvalue weighted by atomic mass is 9.96. The Balaban J connectivity index is 2.79. The molecule has 0 aromatic heterocycles. The summed E-state index contributed by atoms with van der Waals surface area (Å²) < 4.78 is 20.8. The van der Waals surface area contributed by atoms with Gasteiger partial charge in [0.2, 0.25) is 5.91 Å². The van der Waals surface area contributed by atoms with Crippen LogP contribution in [0.3, 0.4) is 0 Å². The summed E-state index contributed by atoms with van der Waals surface area (Å²) in [6, 6.07) is -1.23. The minimum atomic E-state index is -4.49. The predicted molar refractivity (Wildman–Crippen MR) is 72.6 cm³/mol. The van der Waals surface area contributed by atoms with Crippen LogP contribution < -0.4 is 5.32 Å². The number of ether oxygens (including phenoxy) is 2. The van der Waals surface area contributed by atoms with Crippen molar-refractivity contribution in [1.29, 1.82) is 0 Å². The Morgan fingerprint density at radius 1 is 1.36 bits per heavy atom. The number of rotatable bonds is 7. The second-order valence-corrected chi connectivity index (χ2v) is 6.59. The molecular weight excluding hydrogens is 321 g/mol. The molecule has 22 heavy (non-hydrogen) atoms. The molecule has 130 valence electrons. The van der Waals surface area contributed by atoms with E-state index >= 15 is 0 Å². The number of aliphatic hydroxyl groups excluding tert-OH is 3. The first-order valence-corrected chi connectivity index (χ1v) is 8.57. The second-order valence-electron chi connectivity index (χ2n) is 5.01. The van der Waals surface area contributed by atoms with Crippen molar-refractivity contribution in [3.8, 4) is 0 Å². The van der Waals surface area contributed by atoms with Gasteiger partial charge >= 0.3 is 7.60 Å². The first-order valence-electron chi connectivity index (χ1n) is 6.77. The molecule has 1 aliphatic heterocycles. The van der Waals surface area contributed by atoms with Gasteiger partial charge in [-0.3, -0.25) is 9.36 Å². The average Bonchev–Trinajstić information content (AvgIpc) is 2.41. The van der Waals surface area contributed by atoms with Gasteiger partial charge in [0.1, 0.15) is 30.7 Å². The van der Waals surface area contributed by atoms with E-state index < -0.39 is 57.1 Å². The molecule has 0 aliphatic carbocycles. The van der Waals surface area contributed by atoms with Crippen LogP contribution in [0.4, 0.5) is 0 Å². The highest BCUT2D eigenvalue weighted by atomic mass is 31.2. The SMILES string of the molecule is CCCC(=O)N[C@H]1C(O)O[C@H](CO)[C@@H](OCP(=O)(O)O)[C@@H]1O. The van der Waals surface area contributed by atoms with Gasteiger partial charge in [-0.2, -0.15) is 0 Å². The number of amides is 1. The summed E-state index contributed by atoms with van der Waals surface area (Å²) in [6.07, 6.45) is -5.84. The summed E-state index contributed by atoms with van der Waals surface area (Å²) in [5, 5.41) is 31.5. The molecule has 1 heterocycles. The minimum Gasteiger partial charge on any atom is -0.394 e. The van der Waals surface area contributed by atoms with Gasteiger partial charge < -0.3 is 39.9 Å². The van der Waals surface area contributed by atoms with E-state index in [9.17, 15) is 24.7 Å². The first kappa shape index (κ1) is 19.5. The van der Waals surface area contributed by atoms with Gasteiger partial charge in [0.05, 0.1) is 6.61 Å². The third-order valence-corrected chi connectivity index (χ3v) is 3.60. The van der Waals surface area contributed by atoms with Crippen LogP contribution in [-0.2, 0) is 18.8 Å². The van der Waals surface area contributed by atoms with E-state index in [4.69, 9.17) is 19.3 Å². The fraction of sp³-hybridized carbons (Fsp3) is 0.909. The number of hydrogen-bond donors (Lipinski definition) is 6. The quantitative estimate of drug-likeness (QED) is 0.283. The third kappa shape index (κ3) is 5.56. The monoisotopic (exact) mass is 343 g/mol. The maximum Gasteiger partial charge on any atom is 0.350 e. The maximum absolute atomic E-state index is 11.6. The van der Waals surface area contributed by atoms with E-state index in [-0.39, 0.29) is 6.42 Å². The van der Waals surface area contributed by atoms with Gasteiger partial charge in [0.15, 0.2) is 6.29 Å². The summed E-state index contributed by atoms with van der Waals surface area (Å²) in [5.74, 6) is -0.426. The lowest BCUT2D eigenvalue weighted by Crippen LogP contribution is -2.64. The number of hydrogen-bond acceptors (Lipinski definition) is 7. The predicted octanol–water partition coefficient (Wildman–Crippen LogP) is -2.14. The van der Waals surface area contributed by atoms with E-state index in [1.165, 1.54) is 0 Å². The molecule has 10 nitrogen and oxygen atoms in total. The highest BCUT2D eigenvalue weighted by molar-refractivity contribution is 7.51. The molecule has 5 atom stereocenters. The van der Waals surface area contributed by atoms with Crippen molar-refractivity contribution in [3.63, 3.8) is 0 Å². The van der Waals surface area contributed by atoms with E-state index in [1.54, 1.807) is 6.92 Å². The van der Waals surface area contributed by atoms with Crippen molar-refractivity contribution < 1.29 is 43.9 Å². The van der Waals surface area contributed by atoms with Crippen molar-refractivity contribution in [3.05, 3.63) is 0 Å². The van der Waals surface area contributed by atoms with Crippen molar-refractivity contribution in [2.24, 2.45) is 0 Å². The second kappa shape index (κ2) is 8.32. The van der Waals surface area contributed by atoms with Gasteiger partial charge in [-0.25, -0.2) is 0 Å². The Kier molecular flexibility index (Phi) is 7.36. The molecule has 0 aromatic carbocycles. The van der Waals surface area contributed by atoms with Crippen LogP contribution in [0.25, 0.3) is 0 Å². The molecule has 0 saturated carbocycles. The zero-order valence-electron chi connectivity index (χ0n) is 12.0. The van der Waals surface area contributed by atoms with Gasteiger partial charge in [0, 0.05) is 6.42 Å². The Hall–Kier alpha value is -0.580. The Morgan fingerprint density at radius 3 is 2.50 bits per heavy atom. The smallest absolute Gasteiger partial charge is 0.350 e. The van der Waals surface area contributed by atoms with Gasteiger partial charge in [-0.1, -0.05) is 6.92 Å². The molecular formula is C11H22NO9P. The largest absolute Gasteiger partial charge is 0.394 e. The van der Waals surface area contributed by atoms with Gasteiger partial charge in [-0.05, 0) is 6.42 Å². The van der Waals surface area contributed by atoms with E-state index in [2.05, 4.69) is 5.32 Å². The van der Waals surface area contributed by atoms with Crippen LogP contribution in [0, 0.1) is 0 Å². The molecule has 11 heteroatoms. The molecule has 1 saturated heterocycles. The van der Waals surface area contributed by atoms with E-state index in [0.29, 0.717) is 6.42 Å². The van der Waals surface area contributed by atoms with Crippen molar-refractivity contribution in [1.82, 2.24) is 5.32 Å². The fourth-order valence-corrected chi connectivity index (χ4v) is 2.48. The molecule has 0 bridgehead atoms. The zero-order chi connectivity index (χ0) is 16.9. The molecule has 0 spiro atoms. The van der Waals surface area contributed by atoms with Crippen molar-refractivity contribution in [2.75, 3.05) is 13.0 Å². The topological polar surface area (TPSA) is 166 Å². The summed E-state index contributed by atoms with van der Waals surface area (Å²) in [6.45, 7) is 1.13. The van der Waals surface area contributed by atoms with Crippen LogP contribution >= 0.6 is 7.60 Å². The molecule has 1 fully saturated rings. The van der Waals surface area contributed by atoms with Gasteiger partial charge in [-0.15, -0.1) is 0 Å².